The van der Waals surface area contributed by atoms with Gasteiger partial charge in [-0.15, -0.1) is 0 Å². The van der Waals surface area contributed by atoms with Crippen molar-refractivity contribution in [3.63, 3.8) is 0 Å². The molecule has 0 amide bonds. The van der Waals surface area contributed by atoms with Crippen LogP contribution in [-0.4, -0.2) is 18.7 Å². The normalized spacial score (nSPS) is 17.1. The van der Waals surface area contributed by atoms with Gasteiger partial charge in [-0.05, 0) is 45.9 Å². The molecule has 188 valence electrons. The van der Waals surface area contributed by atoms with Crippen molar-refractivity contribution in [1.29, 1.82) is 0 Å². The van der Waals surface area contributed by atoms with Crippen LogP contribution in [0.15, 0.2) is 133 Å². The van der Waals surface area contributed by atoms with E-state index in [1.165, 1.54) is 16.3 Å². The molecule has 0 aliphatic carbocycles. The van der Waals surface area contributed by atoms with E-state index in [4.69, 9.17) is 9.47 Å². The highest BCUT2D eigenvalue weighted by molar-refractivity contribution is 5.83. The highest BCUT2D eigenvalue weighted by atomic mass is 16.6. The molecule has 0 bridgehead atoms. The summed E-state index contributed by atoms with van der Waals surface area (Å²) in [6, 6.07) is 45.7. The molecule has 1 fully saturated rings. The van der Waals surface area contributed by atoms with Crippen LogP contribution in [0.3, 0.4) is 0 Å². The maximum Gasteiger partial charge on any atom is 0.315 e. The standard InChI is InChI=1S/C35H30O3/c36-34-32(33(38-34)23-21-26-20-22-27-12-10-11-13-28(27)24-26)25-37-35(29-14-4-1-5-15-29,30-16-6-2-7-17-30)31-18-8-3-9-19-31/h1-20,22,24,32-33H,21,23,25H2/t32-,33-/m0/s1. The van der Waals surface area contributed by atoms with Crippen molar-refractivity contribution in [3.05, 3.63) is 156 Å². The van der Waals surface area contributed by atoms with Gasteiger partial charge in [0.15, 0.2) is 0 Å². The summed E-state index contributed by atoms with van der Waals surface area (Å²) in [7, 11) is 0. The highest BCUT2D eigenvalue weighted by Gasteiger charge is 2.45. The molecule has 0 saturated carbocycles. The Labute approximate surface area is 223 Å². The first kappa shape index (κ1) is 24.1. The molecule has 2 atom stereocenters. The molecule has 0 N–H and O–H groups in total. The topological polar surface area (TPSA) is 35.5 Å². The zero-order valence-corrected chi connectivity index (χ0v) is 21.2. The van der Waals surface area contributed by atoms with Crippen LogP contribution in [0.4, 0.5) is 0 Å². The van der Waals surface area contributed by atoms with Gasteiger partial charge in [0, 0.05) is 0 Å². The van der Waals surface area contributed by atoms with Gasteiger partial charge in [-0.1, -0.05) is 133 Å². The highest BCUT2D eigenvalue weighted by Crippen LogP contribution is 2.42. The number of aryl methyl sites for hydroxylation is 1. The van der Waals surface area contributed by atoms with Gasteiger partial charge in [-0.3, -0.25) is 4.79 Å². The van der Waals surface area contributed by atoms with Gasteiger partial charge in [-0.25, -0.2) is 0 Å². The summed E-state index contributed by atoms with van der Waals surface area (Å²) < 4.78 is 12.5. The zero-order valence-electron chi connectivity index (χ0n) is 21.2. The molecule has 5 aromatic carbocycles. The van der Waals surface area contributed by atoms with Crippen LogP contribution < -0.4 is 0 Å². The third-order valence-electron chi connectivity index (χ3n) is 7.57. The molecular weight excluding hydrogens is 468 g/mol. The Morgan fingerprint density at radius 1 is 0.632 bits per heavy atom. The van der Waals surface area contributed by atoms with Gasteiger partial charge in [0.25, 0.3) is 0 Å². The lowest BCUT2D eigenvalue weighted by Gasteiger charge is -2.40. The smallest absolute Gasteiger partial charge is 0.315 e. The number of hydrogen-bond donors (Lipinski definition) is 0. The van der Waals surface area contributed by atoms with Crippen molar-refractivity contribution in [2.75, 3.05) is 6.61 Å². The largest absolute Gasteiger partial charge is 0.461 e. The van der Waals surface area contributed by atoms with E-state index in [2.05, 4.69) is 78.9 Å². The maximum atomic E-state index is 12.7. The number of carbonyl (C=O) groups excluding carboxylic acids is 1. The van der Waals surface area contributed by atoms with Crippen molar-refractivity contribution in [1.82, 2.24) is 0 Å². The molecule has 0 spiro atoms. The Bertz CT molecular complexity index is 1420. The fraction of sp³-hybridized carbons (Fsp3) is 0.171. The molecular formula is C35H30O3. The van der Waals surface area contributed by atoms with Gasteiger partial charge in [0.05, 0.1) is 6.61 Å². The lowest BCUT2D eigenvalue weighted by Crippen LogP contribution is -2.49. The first-order chi connectivity index (χ1) is 18.7. The van der Waals surface area contributed by atoms with E-state index in [0.717, 1.165) is 29.5 Å². The van der Waals surface area contributed by atoms with E-state index in [1.54, 1.807) is 0 Å². The van der Waals surface area contributed by atoms with Crippen LogP contribution in [0.1, 0.15) is 28.7 Å². The molecule has 5 aromatic rings. The summed E-state index contributed by atoms with van der Waals surface area (Å²) in [6.45, 7) is 0.278. The van der Waals surface area contributed by atoms with Crippen molar-refractivity contribution in [3.8, 4) is 0 Å². The van der Waals surface area contributed by atoms with E-state index >= 15 is 0 Å². The zero-order chi connectivity index (χ0) is 25.8. The number of hydrogen-bond acceptors (Lipinski definition) is 3. The number of cyclic esters (lactones) is 1. The van der Waals surface area contributed by atoms with Crippen molar-refractivity contribution in [2.24, 2.45) is 5.92 Å². The Hall–Kier alpha value is -4.21. The predicted octanol–water partition coefficient (Wildman–Crippen LogP) is 7.32. The maximum absolute atomic E-state index is 12.7. The summed E-state index contributed by atoms with van der Waals surface area (Å²) in [6.07, 6.45) is 1.46. The summed E-state index contributed by atoms with van der Waals surface area (Å²) in [5, 5.41) is 2.46. The van der Waals surface area contributed by atoms with Gasteiger partial charge in [0.1, 0.15) is 17.6 Å². The van der Waals surface area contributed by atoms with Crippen LogP contribution in [0.2, 0.25) is 0 Å². The molecule has 1 heterocycles. The number of benzene rings is 5. The summed E-state index contributed by atoms with van der Waals surface area (Å²) in [5.41, 5.74) is 3.48. The van der Waals surface area contributed by atoms with Crippen LogP contribution >= 0.6 is 0 Å². The van der Waals surface area contributed by atoms with Crippen LogP contribution in [0.5, 0.6) is 0 Å². The van der Waals surface area contributed by atoms with Crippen molar-refractivity contribution < 1.29 is 14.3 Å². The van der Waals surface area contributed by atoms with Gasteiger partial charge in [-0.2, -0.15) is 0 Å². The number of ether oxygens (including phenoxy) is 2. The van der Waals surface area contributed by atoms with E-state index in [0.29, 0.717) is 0 Å². The molecule has 1 aliphatic heterocycles. The van der Waals surface area contributed by atoms with Crippen molar-refractivity contribution >= 4 is 16.7 Å². The second-order valence-corrected chi connectivity index (χ2v) is 9.89. The van der Waals surface area contributed by atoms with E-state index in [9.17, 15) is 4.79 Å². The molecule has 38 heavy (non-hydrogen) atoms. The molecule has 0 radical (unpaired) electrons. The van der Waals surface area contributed by atoms with Gasteiger partial charge in [0.2, 0.25) is 0 Å². The van der Waals surface area contributed by atoms with Gasteiger partial charge < -0.3 is 9.47 Å². The molecule has 0 aromatic heterocycles. The fourth-order valence-electron chi connectivity index (χ4n) is 5.52. The van der Waals surface area contributed by atoms with E-state index in [-0.39, 0.29) is 24.6 Å². The second-order valence-electron chi connectivity index (χ2n) is 9.89. The number of carbonyl (C=O) groups is 1. The van der Waals surface area contributed by atoms with Crippen molar-refractivity contribution in [2.45, 2.75) is 24.5 Å². The van der Waals surface area contributed by atoms with Crippen LogP contribution in [-0.2, 0) is 26.3 Å². The Morgan fingerprint density at radius 3 is 1.71 bits per heavy atom. The third kappa shape index (κ3) is 4.62. The average molecular weight is 499 g/mol. The Balaban J connectivity index is 1.26. The minimum absolute atomic E-state index is 0.158. The lowest BCUT2D eigenvalue weighted by atomic mass is 9.79. The lowest BCUT2D eigenvalue weighted by molar-refractivity contribution is -0.194. The Morgan fingerprint density at radius 2 is 1.16 bits per heavy atom. The summed E-state index contributed by atoms with van der Waals surface area (Å²) >= 11 is 0. The quantitative estimate of drug-likeness (QED) is 0.158. The number of fused-ring (bicyclic) bond motifs is 1. The second kappa shape index (κ2) is 10.6. The summed E-state index contributed by atoms with van der Waals surface area (Å²) in [4.78, 5) is 12.7. The third-order valence-corrected chi connectivity index (χ3v) is 7.57. The predicted molar refractivity (Wildman–Crippen MR) is 151 cm³/mol. The minimum Gasteiger partial charge on any atom is -0.461 e. The van der Waals surface area contributed by atoms with Gasteiger partial charge >= 0.3 is 5.97 Å². The molecule has 1 aliphatic rings. The first-order valence-corrected chi connectivity index (χ1v) is 13.2. The Kier molecular flexibility index (Phi) is 6.76. The van der Waals surface area contributed by atoms with E-state index < -0.39 is 5.60 Å². The molecule has 3 heteroatoms. The van der Waals surface area contributed by atoms with Crippen LogP contribution in [0.25, 0.3) is 10.8 Å². The first-order valence-electron chi connectivity index (χ1n) is 13.2. The van der Waals surface area contributed by atoms with Crippen LogP contribution in [0, 0.1) is 5.92 Å². The van der Waals surface area contributed by atoms with E-state index in [1.807, 2.05) is 54.6 Å². The molecule has 0 unspecified atom stereocenters. The number of rotatable bonds is 9. The fourth-order valence-corrected chi connectivity index (χ4v) is 5.52. The number of esters is 1. The molecule has 6 rings (SSSR count). The minimum atomic E-state index is -0.845. The molecule has 1 saturated heterocycles. The monoisotopic (exact) mass is 498 g/mol. The molecule has 3 nitrogen and oxygen atoms in total. The SMILES string of the molecule is O=C1O[C@@H](CCc2ccc3ccccc3c2)[C@@H]1COC(c1ccccc1)(c1ccccc1)c1ccccc1. The summed E-state index contributed by atoms with van der Waals surface area (Å²) in [5.74, 6) is -0.484. The average Bonchev–Trinajstić information content (AvgIpc) is 2.98.